The van der Waals surface area contributed by atoms with Crippen molar-refractivity contribution in [1.82, 2.24) is 9.78 Å². The van der Waals surface area contributed by atoms with Gasteiger partial charge in [-0.3, -0.25) is 4.68 Å². The van der Waals surface area contributed by atoms with E-state index in [1.54, 1.807) is 4.68 Å². The summed E-state index contributed by atoms with van der Waals surface area (Å²) in [6.07, 6.45) is 1.89. The van der Waals surface area contributed by atoms with Crippen LogP contribution in [0.3, 0.4) is 0 Å². The van der Waals surface area contributed by atoms with Crippen LogP contribution in [0.5, 0.6) is 0 Å². The number of aryl methyl sites for hydroxylation is 1. The Labute approximate surface area is 119 Å². The van der Waals surface area contributed by atoms with Crippen molar-refractivity contribution in [2.45, 2.75) is 26.3 Å². The lowest BCUT2D eigenvalue weighted by atomic mass is 10.0. The van der Waals surface area contributed by atoms with Crippen LogP contribution in [0.1, 0.15) is 31.0 Å². The van der Waals surface area contributed by atoms with Crippen LogP contribution in [0.2, 0.25) is 0 Å². The van der Waals surface area contributed by atoms with Gasteiger partial charge in [0, 0.05) is 18.9 Å². The normalized spacial score (nSPS) is 11.9. The lowest BCUT2D eigenvalue weighted by Crippen LogP contribution is -2.22. The zero-order chi connectivity index (χ0) is 14.5. The van der Waals surface area contributed by atoms with E-state index < -0.39 is 0 Å². The van der Waals surface area contributed by atoms with Crippen molar-refractivity contribution in [2.75, 3.05) is 5.32 Å². The first-order valence-electron chi connectivity index (χ1n) is 6.70. The van der Waals surface area contributed by atoms with Crippen LogP contribution in [0.25, 0.3) is 0 Å². The Morgan fingerprint density at radius 3 is 2.85 bits per heavy atom. The van der Waals surface area contributed by atoms with E-state index in [-0.39, 0.29) is 0 Å². The van der Waals surface area contributed by atoms with E-state index in [0.717, 1.165) is 11.4 Å². The van der Waals surface area contributed by atoms with Crippen LogP contribution < -0.4 is 11.1 Å². The molecule has 0 unspecified atom stereocenters. The molecule has 0 atom stereocenters. The highest BCUT2D eigenvalue weighted by molar-refractivity contribution is 5.92. The number of nitrogens with one attached hydrogen (secondary N) is 1. The number of nitrogens with two attached hydrogens (primary N) is 1. The van der Waals surface area contributed by atoms with Gasteiger partial charge in [-0.15, -0.1) is 0 Å². The van der Waals surface area contributed by atoms with Gasteiger partial charge in [0.2, 0.25) is 0 Å². The summed E-state index contributed by atoms with van der Waals surface area (Å²) >= 11 is 0. The van der Waals surface area contributed by atoms with E-state index >= 15 is 0 Å². The topological polar surface area (TPSA) is 68.2 Å². The van der Waals surface area contributed by atoms with E-state index in [4.69, 9.17) is 5.73 Å². The number of hydrogen-bond donors (Lipinski definition) is 2. The van der Waals surface area contributed by atoms with Gasteiger partial charge in [-0.25, -0.2) is 4.99 Å². The molecule has 0 spiro atoms. The molecule has 0 aliphatic rings. The maximum atomic E-state index is 5.89. The van der Waals surface area contributed by atoms with Gasteiger partial charge in [0.05, 0.1) is 12.2 Å². The zero-order valence-corrected chi connectivity index (χ0v) is 12.2. The van der Waals surface area contributed by atoms with Gasteiger partial charge < -0.3 is 11.1 Å². The number of guanidine groups is 1. The second kappa shape index (κ2) is 6.23. The molecule has 0 saturated heterocycles. The Kier molecular flexibility index (Phi) is 4.40. The lowest BCUT2D eigenvalue weighted by Gasteiger charge is -2.09. The summed E-state index contributed by atoms with van der Waals surface area (Å²) in [5.74, 6) is 0.889. The van der Waals surface area contributed by atoms with Crippen molar-refractivity contribution in [2.24, 2.45) is 17.8 Å². The Morgan fingerprint density at radius 2 is 2.20 bits per heavy atom. The SMILES string of the molecule is CC(C)c1cccc(NC(N)=NCc2ccn(C)n2)c1. The molecule has 0 fully saturated rings. The summed E-state index contributed by atoms with van der Waals surface area (Å²) in [5, 5.41) is 7.36. The highest BCUT2D eigenvalue weighted by Crippen LogP contribution is 2.18. The Balaban J connectivity index is 2.00. The number of rotatable bonds is 4. The summed E-state index contributed by atoms with van der Waals surface area (Å²) in [7, 11) is 1.88. The molecular weight excluding hydrogens is 250 g/mol. The van der Waals surface area contributed by atoms with Crippen LogP contribution >= 0.6 is 0 Å². The van der Waals surface area contributed by atoms with Gasteiger partial charge in [-0.05, 0) is 29.7 Å². The van der Waals surface area contributed by atoms with Crippen molar-refractivity contribution < 1.29 is 0 Å². The molecule has 0 saturated carbocycles. The second-order valence-corrected chi connectivity index (χ2v) is 5.09. The number of anilines is 1. The van der Waals surface area contributed by atoms with Crippen LogP contribution in [0.15, 0.2) is 41.5 Å². The van der Waals surface area contributed by atoms with Gasteiger partial charge in [0.15, 0.2) is 5.96 Å². The minimum Gasteiger partial charge on any atom is -0.370 e. The van der Waals surface area contributed by atoms with Crippen LogP contribution in [0.4, 0.5) is 5.69 Å². The quantitative estimate of drug-likeness (QED) is 0.663. The molecular formula is C15H21N5. The molecule has 0 aliphatic heterocycles. The third kappa shape index (κ3) is 3.85. The number of aromatic nitrogens is 2. The van der Waals surface area contributed by atoms with E-state index in [1.165, 1.54) is 5.56 Å². The molecule has 1 heterocycles. The molecule has 1 aromatic heterocycles. The van der Waals surface area contributed by atoms with Crippen molar-refractivity contribution in [3.8, 4) is 0 Å². The first-order valence-corrected chi connectivity index (χ1v) is 6.70. The first kappa shape index (κ1) is 14.1. The molecule has 5 heteroatoms. The molecule has 2 aromatic rings. The van der Waals surface area contributed by atoms with Crippen molar-refractivity contribution in [3.05, 3.63) is 47.8 Å². The Hall–Kier alpha value is -2.30. The maximum absolute atomic E-state index is 5.89. The summed E-state index contributed by atoms with van der Waals surface area (Å²) in [5.41, 5.74) is 9.02. The fraction of sp³-hybridized carbons (Fsp3) is 0.333. The van der Waals surface area contributed by atoms with Crippen molar-refractivity contribution >= 4 is 11.6 Å². The van der Waals surface area contributed by atoms with E-state index in [9.17, 15) is 0 Å². The highest BCUT2D eigenvalue weighted by atomic mass is 15.3. The molecule has 3 N–H and O–H groups in total. The Morgan fingerprint density at radius 1 is 1.40 bits per heavy atom. The van der Waals surface area contributed by atoms with Gasteiger partial charge in [-0.1, -0.05) is 26.0 Å². The van der Waals surface area contributed by atoms with Gasteiger partial charge in [0.25, 0.3) is 0 Å². The molecule has 0 bridgehead atoms. The van der Waals surface area contributed by atoms with Gasteiger partial charge >= 0.3 is 0 Å². The molecule has 0 radical (unpaired) electrons. The summed E-state index contributed by atoms with van der Waals surface area (Å²) < 4.78 is 1.75. The standard InChI is InChI=1S/C15H21N5/c1-11(2)12-5-4-6-13(9-12)18-15(16)17-10-14-7-8-20(3)19-14/h4-9,11H,10H2,1-3H3,(H3,16,17,18). The molecule has 106 valence electrons. The number of benzene rings is 1. The maximum Gasteiger partial charge on any atom is 0.193 e. The molecule has 5 nitrogen and oxygen atoms in total. The predicted octanol–water partition coefficient (Wildman–Crippen LogP) is 2.47. The average Bonchev–Trinajstić information content (AvgIpc) is 2.82. The van der Waals surface area contributed by atoms with Gasteiger partial charge in [0.1, 0.15) is 0 Å². The summed E-state index contributed by atoms with van der Waals surface area (Å²) in [6.45, 7) is 4.80. The van der Waals surface area contributed by atoms with Crippen molar-refractivity contribution in [3.63, 3.8) is 0 Å². The summed E-state index contributed by atoms with van der Waals surface area (Å²) in [4.78, 5) is 4.29. The molecule has 2 rings (SSSR count). The predicted molar refractivity (Wildman–Crippen MR) is 82.7 cm³/mol. The van der Waals surface area contributed by atoms with Crippen LogP contribution in [0, 0.1) is 0 Å². The first-order chi connectivity index (χ1) is 9.54. The van der Waals surface area contributed by atoms with E-state index in [2.05, 4.69) is 41.4 Å². The van der Waals surface area contributed by atoms with Gasteiger partial charge in [-0.2, -0.15) is 5.10 Å². The molecule has 0 amide bonds. The number of hydrogen-bond acceptors (Lipinski definition) is 2. The minimum absolute atomic E-state index is 0.400. The summed E-state index contributed by atoms with van der Waals surface area (Å²) in [6, 6.07) is 10.1. The Bertz CT molecular complexity index is 598. The minimum atomic E-state index is 0.400. The zero-order valence-electron chi connectivity index (χ0n) is 12.2. The van der Waals surface area contributed by atoms with E-state index in [0.29, 0.717) is 18.4 Å². The highest BCUT2D eigenvalue weighted by Gasteiger charge is 2.01. The van der Waals surface area contributed by atoms with E-state index in [1.807, 2.05) is 31.4 Å². The largest absolute Gasteiger partial charge is 0.370 e. The fourth-order valence-corrected chi connectivity index (χ4v) is 1.88. The smallest absolute Gasteiger partial charge is 0.193 e. The number of aliphatic imine (C=N–C) groups is 1. The lowest BCUT2D eigenvalue weighted by molar-refractivity contribution is 0.743. The fourth-order valence-electron chi connectivity index (χ4n) is 1.88. The average molecular weight is 271 g/mol. The number of nitrogens with zero attached hydrogens (tertiary/aromatic N) is 3. The van der Waals surface area contributed by atoms with Crippen molar-refractivity contribution in [1.29, 1.82) is 0 Å². The third-order valence-corrected chi connectivity index (χ3v) is 3.01. The molecule has 1 aromatic carbocycles. The van der Waals surface area contributed by atoms with Crippen LogP contribution in [-0.2, 0) is 13.6 Å². The van der Waals surface area contributed by atoms with Crippen LogP contribution in [-0.4, -0.2) is 15.7 Å². The monoisotopic (exact) mass is 271 g/mol. The molecule has 0 aliphatic carbocycles. The second-order valence-electron chi connectivity index (χ2n) is 5.09. The molecule has 20 heavy (non-hydrogen) atoms. The third-order valence-electron chi connectivity index (χ3n) is 3.01.